The fraction of sp³-hybridized carbons (Fsp3) is 0.617. The molecule has 0 radical (unpaired) electrons. The molecule has 370 valence electrons. The summed E-state index contributed by atoms with van der Waals surface area (Å²) in [6, 6.07) is 18.7. The van der Waals surface area contributed by atoms with Crippen LogP contribution in [-0.2, 0) is 108 Å². The molecule has 3 aliphatic heterocycles. The van der Waals surface area contributed by atoms with Crippen molar-refractivity contribution in [3.05, 3.63) is 71.8 Å². The fourth-order valence-electron chi connectivity index (χ4n) is 8.10. The maximum Gasteiger partial charge on any atom is 0.303 e. The summed E-state index contributed by atoms with van der Waals surface area (Å²) in [6.07, 6.45) is -14.9. The monoisotopic (exact) mass is 946 g/mol. The third kappa shape index (κ3) is 15.2. The molecular formula is C47H62O20. The molecule has 15 atom stereocenters. The van der Waals surface area contributed by atoms with Gasteiger partial charge in [-0.05, 0) is 11.1 Å². The Balaban J connectivity index is 1.56. The molecule has 67 heavy (non-hydrogen) atoms. The molecular weight excluding hydrogens is 884 g/mol. The predicted molar refractivity (Wildman–Crippen MR) is 228 cm³/mol. The molecule has 15 unspecified atom stereocenters. The minimum Gasteiger partial charge on any atom is -0.463 e. The van der Waals surface area contributed by atoms with E-state index in [-0.39, 0.29) is 26.4 Å². The number of carbonyl (C=O) groups excluding carboxylic acids is 6. The van der Waals surface area contributed by atoms with E-state index in [1.807, 2.05) is 60.7 Å². The molecule has 0 spiro atoms. The van der Waals surface area contributed by atoms with Crippen molar-refractivity contribution in [2.24, 2.45) is 11.8 Å². The number of carbonyl (C=O) groups is 6. The van der Waals surface area contributed by atoms with Crippen molar-refractivity contribution in [3.8, 4) is 0 Å². The minimum absolute atomic E-state index is 0.0591. The van der Waals surface area contributed by atoms with Gasteiger partial charge in [-0.3, -0.25) is 28.8 Å². The molecule has 0 saturated carbocycles. The van der Waals surface area contributed by atoms with Crippen molar-refractivity contribution in [1.29, 1.82) is 0 Å². The number of hydrogen-bond donors (Lipinski definition) is 0. The molecule has 2 aromatic rings. The Kier molecular flexibility index (Phi) is 20.0. The maximum absolute atomic E-state index is 12.6. The van der Waals surface area contributed by atoms with Crippen molar-refractivity contribution in [1.82, 2.24) is 0 Å². The Bertz CT molecular complexity index is 1930. The predicted octanol–water partition coefficient (Wildman–Crippen LogP) is 3.51. The van der Waals surface area contributed by atoms with E-state index in [0.29, 0.717) is 0 Å². The number of esters is 6. The van der Waals surface area contributed by atoms with E-state index in [1.165, 1.54) is 48.7 Å². The lowest BCUT2D eigenvalue weighted by Crippen LogP contribution is -2.65. The van der Waals surface area contributed by atoms with E-state index in [2.05, 4.69) is 0 Å². The van der Waals surface area contributed by atoms with Gasteiger partial charge in [0, 0.05) is 60.5 Å². The molecule has 3 saturated heterocycles. The molecule has 20 nitrogen and oxygen atoms in total. The zero-order chi connectivity index (χ0) is 48.8. The van der Waals surface area contributed by atoms with Crippen LogP contribution in [0.4, 0.5) is 0 Å². The minimum atomic E-state index is -1.29. The number of benzene rings is 2. The largest absolute Gasteiger partial charge is 0.463 e. The summed E-state index contributed by atoms with van der Waals surface area (Å²) in [4.78, 5) is 73.7. The van der Waals surface area contributed by atoms with E-state index < -0.39 is 134 Å². The van der Waals surface area contributed by atoms with Gasteiger partial charge in [0.2, 0.25) is 0 Å². The van der Waals surface area contributed by atoms with Crippen LogP contribution in [0.3, 0.4) is 0 Å². The fourth-order valence-corrected chi connectivity index (χ4v) is 8.10. The molecule has 3 heterocycles. The lowest BCUT2D eigenvalue weighted by atomic mass is 9.91. The third-order valence-corrected chi connectivity index (χ3v) is 11.1. The summed E-state index contributed by atoms with van der Waals surface area (Å²) < 4.78 is 85.4. The van der Waals surface area contributed by atoms with Crippen LogP contribution in [-0.4, -0.2) is 143 Å². The van der Waals surface area contributed by atoms with Crippen LogP contribution in [0.2, 0.25) is 0 Å². The second-order valence-electron chi connectivity index (χ2n) is 16.4. The summed E-state index contributed by atoms with van der Waals surface area (Å²) in [6.45, 7) is 9.54. The van der Waals surface area contributed by atoms with E-state index in [9.17, 15) is 28.8 Å². The van der Waals surface area contributed by atoms with Crippen LogP contribution in [0.1, 0.15) is 66.5 Å². The van der Waals surface area contributed by atoms with Crippen LogP contribution in [0.5, 0.6) is 0 Å². The molecule has 0 amide bonds. The van der Waals surface area contributed by atoms with Crippen LogP contribution in [0, 0.1) is 11.8 Å². The van der Waals surface area contributed by atoms with Crippen LogP contribution in [0.25, 0.3) is 0 Å². The normalized spacial score (nSPS) is 31.7. The summed E-state index contributed by atoms with van der Waals surface area (Å²) in [5.41, 5.74) is 1.64. The number of rotatable bonds is 20. The Hall–Kier alpha value is -5.06. The van der Waals surface area contributed by atoms with Crippen LogP contribution < -0.4 is 0 Å². The summed E-state index contributed by atoms with van der Waals surface area (Å²) in [5, 5.41) is 0. The number of hydrogen-bond acceptors (Lipinski definition) is 20. The van der Waals surface area contributed by atoms with E-state index in [4.69, 9.17) is 66.3 Å². The van der Waals surface area contributed by atoms with Crippen molar-refractivity contribution < 1.29 is 95.1 Å². The second-order valence-corrected chi connectivity index (χ2v) is 16.4. The Morgan fingerprint density at radius 2 is 0.821 bits per heavy atom. The Morgan fingerprint density at radius 1 is 0.433 bits per heavy atom. The number of methoxy groups -OCH3 is 1. The van der Waals surface area contributed by atoms with Crippen molar-refractivity contribution in [2.45, 2.75) is 149 Å². The smallest absolute Gasteiger partial charge is 0.303 e. The molecule has 3 fully saturated rings. The highest BCUT2D eigenvalue weighted by Crippen LogP contribution is 2.38. The van der Waals surface area contributed by atoms with Gasteiger partial charge < -0.3 is 66.3 Å². The highest BCUT2D eigenvalue weighted by atomic mass is 16.8. The van der Waals surface area contributed by atoms with Gasteiger partial charge in [0.25, 0.3) is 0 Å². The number of ether oxygens (including phenoxy) is 14. The lowest BCUT2D eigenvalue weighted by molar-refractivity contribution is -0.367. The van der Waals surface area contributed by atoms with Gasteiger partial charge in [-0.2, -0.15) is 0 Å². The third-order valence-electron chi connectivity index (χ3n) is 11.1. The zero-order valence-corrected chi connectivity index (χ0v) is 39.1. The summed E-state index contributed by atoms with van der Waals surface area (Å²) >= 11 is 0. The Morgan fingerprint density at radius 3 is 1.25 bits per heavy atom. The summed E-state index contributed by atoms with van der Waals surface area (Å²) in [5.74, 6) is -5.69. The van der Waals surface area contributed by atoms with Gasteiger partial charge in [0.15, 0.2) is 31.1 Å². The lowest BCUT2D eigenvalue weighted by Gasteiger charge is -2.49. The quantitative estimate of drug-likeness (QED) is 0.137. The molecule has 3 aliphatic rings. The average Bonchev–Trinajstić information content (AvgIpc) is 3.27. The Labute approximate surface area is 389 Å². The van der Waals surface area contributed by atoms with Crippen molar-refractivity contribution >= 4 is 35.8 Å². The molecule has 0 N–H and O–H groups in total. The first-order valence-electron chi connectivity index (χ1n) is 22.0. The molecule has 0 aliphatic carbocycles. The highest BCUT2D eigenvalue weighted by Gasteiger charge is 2.55. The highest BCUT2D eigenvalue weighted by molar-refractivity contribution is 5.68. The van der Waals surface area contributed by atoms with Gasteiger partial charge in [0.1, 0.15) is 62.0 Å². The second kappa shape index (κ2) is 25.3. The van der Waals surface area contributed by atoms with Crippen molar-refractivity contribution in [2.75, 3.05) is 26.9 Å². The average molecular weight is 947 g/mol. The maximum atomic E-state index is 12.6. The topological polar surface area (TPSA) is 232 Å². The first-order valence-corrected chi connectivity index (χ1v) is 22.0. The molecule has 5 rings (SSSR count). The zero-order valence-electron chi connectivity index (χ0n) is 39.1. The van der Waals surface area contributed by atoms with Gasteiger partial charge in [0.05, 0.1) is 19.8 Å². The van der Waals surface area contributed by atoms with E-state index in [1.54, 1.807) is 13.8 Å². The van der Waals surface area contributed by atoms with Crippen LogP contribution >= 0.6 is 0 Å². The standard InChI is InChI=1S/C47H62O20/c1-25-38(60-29(5)50)40(62-31(7)52)35(22-55-27(3)48)64-45(25)59-24-37-42(67-46-26(2)39(61-30(6)51)41(63-32(8)53)36(65-46)23-56-28(4)49)43(57-20-33-16-12-10-13-17-33)44(47(54-9)66-37)58-21-34-18-14-11-15-19-34/h10-19,25-26,35-47H,20-24H2,1-9H3. The van der Waals surface area contributed by atoms with E-state index >= 15 is 0 Å². The van der Waals surface area contributed by atoms with Gasteiger partial charge >= 0.3 is 35.8 Å². The van der Waals surface area contributed by atoms with Gasteiger partial charge in [-0.15, -0.1) is 0 Å². The van der Waals surface area contributed by atoms with Crippen LogP contribution in [0.15, 0.2) is 60.7 Å². The van der Waals surface area contributed by atoms with Gasteiger partial charge in [-0.25, -0.2) is 0 Å². The van der Waals surface area contributed by atoms with Crippen molar-refractivity contribution in [3.63, 3.8) is 0 Å². The first kappa shape index (κ1) is 52.9. The molecule has 20 heteroatoms. The first-order chi connectivity index (χ1) is 31.9. The molecule has 0 aromatic heterocycles. The van der Waals surface area contributed by atoms with Gasteiger partial charge in [-0.1, -0.05) is 74.5 Å². The summed E-state index contributed by atoms with van der Waals surface area (Å²) in [7, 11) is 1.44. The SMILES string of the molecule is COC1OC(COC2OC(COC(C)=O)C(OC(C)=O)C(OC(C)=O)C2C)C(OC2OC(COC(C)=O)C(OC(C)=O)C(OC(C)=O)C2C)C(OCc2ccccc2)C1OCc1ccccc1. The molecule has 2 aromatic carbocycles. The molecule has 0 bridgehead atoms. The van der Waals surface area contributed by atoms with E-state index in [0.717, 1.165) is 11.1 Å².